The summed E-state index contributed by atoms with van der Waals surface area (Å²) in [6, 6.07) is 0. The third-order valence-corrected chi connectivity index (χ3v) is 8.03. The zero-order chi connectivity index (χ0) is 22.0. The highest BCUT2D eigenvalue weighted by Gasteiger charge is 2.60. The van der Waals surface area contributed by atoms with Crippen LogP contribution >= 0.6 is 11.6 Å². The summed E-state index contributed by atoms with van der Waals surface area (Å²) in [4.78, 5) is 23.8. The van der Waals surface area contributed by atoms with Crippen LogP contribution in [0.3, 0.4) is 0 Å². The molecule has 2 unspecified atom stereocenters. The Morgan fingerprint density at radius 3 is 2.65 bits per heavy atom. The van der Waals surface area contributed by atoms with Gasteiger partial charge in [-0.05, 0) is 67.6 Å². The smallest absolute Gasteiger partial charge is 0.358 e. The average Bonchev–Trinajstić information content (AvgIpc) is 3.22. The van der Waals surface area contributed by atoms with Crippen molar-refractivity contribution in [3.8, 4) is 0 Å². The number of amides is 1. The zero-order valence-corrected chi connectivity index (χ0v) is 18.6. The average molecular weight is 447 g/mol. The van der Waals surface area contributed by atoms with Crippen molar-refractivity contribution in [2.24, 2.45) is 24.3 Å². The summed E-state index contributed by atoms with van der Waals surface area (Å²) in [6.07, 6.45) is 10.1. The fourth-order valence-corrected chi connectivity index (χ4v) is 7.26. The molecule has 0 aromatic carbocycles. The van der Waals surface area contributed by atoms with Gasteiger partial charge in [0, 0.05) is 31.8 Å². The van der Waals surface area contributed by atoms with E-state index in [4.69, 9.17) is 11.6 Å². The Morgan fingerprint density at radius 1 is 1.35 bits per heavy atom. The molecule has 0 spiro atoms. The van der Waals surface area contributed by atoms with Crippen molar-refractivity contribution in [3.05, 3.63) is 38.8 Å². The molecule has 9 nitrogen and oxygen atoms in total. The van der Waals surface area contributed by atoms with E-state index in [1.165, 1.54) is 6.42 Å². The Morgan fingerprint density at radius 2 is 2.06 bits per heavy atom. The molecule has 4 bridgehead atoms. The quantitative estimate of drug-likeness (QED) is 0.539. The summed E-state index contributed by atoms with van der Waals surface area (Å²) >= 11 is 6.27. The highest BCUT2D eigenvalue weighted by atomic mass is 35.5. The van der Waals surface area contributed by atoms with E-state index in [0.29, 0.717) is 30.5 Å². The Hall–Kier alpha value is -2.42. The minimum Gasteiger partial charge on any atom is -0.358 e. The molecule has 2 heterocycles. The number of hydrogen-bond acceptors (Lipinski definition) is 5. The number of carbonyl (C=O) groups excluding carboxylic acids is 1. The Balaban J connectivity index is 1.38. The summed E-state index contributed by atoms with van der Waals surface area (Å²) in [6.45, 7) is 2.29. The van der Waals surface area contributed by atoms with Crippen molar-refractivity contribution in [1.29, 1.82) is 0 Å². The van der Waals surface area contributed by atoms with E-state index in [-0.39, 0.29) is 27.7 Å². The SMILES string of the molecule is Cc1c(Cl)c([N+](=O)[O-])nn1C12CC3CC(CC(CC(=O)NCc4cnn(C)c4)(C3)C1)C2. The predicted octanol–water partition coefficient (Wildman–Crippen LogP) is 3.49. The van der Waals surface area contributed by atoms with Gasteiger partial charge in [0.15, 0.2) is 5.02 Å². The monoisotopic (exact) mass is 446 g/mol. The van der Waals surface area contributed by atoms with Crippen LogP contribution in [0.4, 0.5) is 5.82 Å². The lowest BCUT2D eigenvalue weighted by molar-refractivity contribution is -0.389. The van der Waals surface area contributed by atoms with Crippen LogP contribution in [0.25, 0.3) is 0 Å². The lowest BCUT2D eigenvalue weighted by atomic mass is 9.46. The van der Waals surface area contributed by atoms with Gasteiger partial charge in [-0.15, -0.1) is 0 Å². The van der Waals surface area contributed by atoms with Gasteiger partial charge in [-0.1, -0.05) is 11.6 Å². The molecule has 0 saturated heterocycles. The molecular formula is C21H27ClN6O3. The number of rotatable bonds is 6. The van der Waals surface area contributed by atoms with Gasteiger partial charge in [0.25, 0.3) is 0 Å². The molecule has 0 radical (unpaired) electrons. The summed E-state index contributed by atoms with van der Waals surface area (Å²) in [7, 11) is 1.86. The number of nitrogens with one attached hydrogen (secondary N) is 1. The Labute approximate surface area is 185 Å². The van der Waals surface area contributed by atoms with Crippen LogP contribution in [0.2, 0.25) is 5.02 Å². The van der Waals surface area contributed by atoms with Gasteiger partial charge in [0.1, 0.15) is 0 Å². The van der Waals surface area contributed by atoms with E-state index in [2.05, 4.69) is 15.5 Å². The number of halogens is 1. The van der Waals surface area contributed by atoms with Gasteiger partial charge in [-0.25, -0.2) is 0 Å². The molecule has 166 valence electrons. The topological polar surface area (TPSA) is 108 Å². The minimum atomic E-state index is -0.506. The maximum Gasteiger partial charge on any atom is 0.408 e. The van der Waals surface area contributed by atoms with Crippen molar-refractivity contribution < 1.29 is 9.72 Å². The predicted molar refractivity (Wildman–Crippen MR) is 113 cm³/mol. The first-order chi connectivity index (χ1) is 14.7. The third-order valence-electron chi connectivity index (χ3n) is 7.58. The van der Waals surface area contributed by atoms with Gasteiger partial charge in [0.05, 0.1) is 22.5 Å². The minimum absolute atomic E-state index is 0.0575. The van der Waals surface area contributed by atoms with Crippen molar-refractivity contribution in [1.82, 2.24) is 24.9 Å². The molecule has 4 aliphatic carbocycles. The van der Waals surface area contributed by atoms with Crippen molar-refractivity contribution in [3.63, 3.8) is 0 Å². The number of nitrogens with zero attached hydrogens (tertiary/aromatic N) is 5. The van der Waals surface area contributed by atoms with Gasteiger partial charge in [-0.3, -0.25) is 9.48 Å². The van der Waals surface area contributed by atoms with Crippen LogP contribution in [0.5, 0.6) is 0 Å². The number of hydrogen-bond donors (Lipinski definition) is 1. The van der Waals surface area contributed by atoms with Crippen LogP contribution in [-0.2, 0) is 23.9 Å². The molecule has 2 atom stereocenters. The largest absolute Gasteiger partial charge is 0.408 e. The molecule has 31 heavy (non-hydrogen) atoms. The second-order valence-electron chi connectivity index (χ2n) is 10.1. The Bertz CT molecular complexity index is 1050. The van der Waals surface area contributed by atoms with E-state index in [0.717, 1.165) is 37.7 Å². The van der Waals surface area contributed by atoms with Gasteiger partial charge < -0.3 is 15.4 Å². The fourth-order valence-electron chi connectivity index (χ4n) is 7.07. The maximum absolute atomic E-state index is 12.9. The molecule has 4 fully saturated rings. The van der Waals surface area contributed by atoms with Gasteiger partial charge in [-0.2, -0.15) is 9.78 Å². The summed E-state index contributed by atoms with van der Waals surface area (Å²) < 4.78 is 3.56. The van der Waals surface area contributed by atoms with E-state index >= 15 is 0 Å². The lowest BCUT2D eigenvalue weighted by Crippen LogP contribution is -2.57. The van der Waals surface area contributed by atoms with Crippen LogP contribution in [0, 0.1) is 34.3 Å². The zero-order valence-electron chi connectivity index (χ0n) is 17.8. The number of carbonyl (C=O) groups is 1. The molecule has 1 amide bonds. The fraction of sp³-hybridized carbons (Fsp3) is 0.667. The van der Waals surface area contributed by atoms with Crippen molar-refractivity contribution >= 4 is 23.3 Å². The Kier molecular flexibility index (Phi) is 4.66. The maximum atomic E-state index is 12.9. The number of aryl methyl sites for hydroxylation is 1. The van der Waals surface area contributed by atoms with Crippen LogP contribution in [0.15, 0.2) is 12.4 Å². The lowest BCUT2D eigenvalue weighted by Gasteiger charge is -2.61. The molecule has 1 N–H and O–H groups in total. The first kappa shape index (κ1) is 20.5. The molecule has 4 saturated carbocycles. The van der Waals surface area contributed by atoms with E-state index in [9.17, 15) is 14.9 Å². The number of aromatic nitrogens is 4. The molecular weight excluding hydrogens is 420 g/mol. The van der Waals surface area contributed by atoms with Crippen LogP contribution in [0.1, 0.15) is 56.2 Å². The summed E-state index contributed by atoms with van der Waals surface area (Å²) in [5.41, 5.74) is 1.27. The molecule has 4 aliphatic rings. The van der Waals surface area contributed by atoms with E-state index < -0.39 is 4.92 Å². The molecule has 2 aromatic rings. The van der Waals surface area contributed by atoms with Gasteiger partial charge in [0.2, 0.25) is 5.91 Å². The first-order valence-corrected chi connectivity index (χ1v) is 11.2. The second kappa shape index (κ2) is 7.05. The van der Waals surface area contributed by atoms with Crippen LogP contribution < -0.4 is 5.32 Å². The highest BCUT2D eigenvalue weighted by Crippen LogP contribution is 2.65. The van der Waals surface area contributed by atoms with Gasteiger partial charge >= 0.3 is 5.82 Å². The molecule has 6 rings (SSSR count). The molecule has 0 aliphatic heterocycles. The summed E-state index contributed by atoms with van der Waals surface area (Å²) in [5.74, 6) is 0.836. The third kappa shape index (κ3) is 3.43. The van der Waals surface area contributed by atoms with Crippen LogP contribution in [-0.4, -0.2) is 30.4 Å². The molecule has 10 heteroatoms. The van der Waals surface area contributed by atoms with Crippen molar-refractivity contribution in [2.45, 2.75) is 64.0 Å². The van der Waals surface area contributed by atoms with E-state index in [1.54, 1.807) is 10.9 Å². The summed E-state index contributed by atoms with van der Waals surface area (Å²) in [5, 5.41) is 23.1. The normalized spacial score (nSPS) is 31.2. The first-order valence-electron chi connectivity index (χ1n) is 10.8. The standard InChI is InChI=1S/C21H27ClN6O3/c1-13-18(22)19(28(30)31)25-27(13)21-6-14-3-15(7-21)5-20(4-14,12-21)8-17(29)23-9-16-10-24-26(2)11-16/h10-11,14-15H,3-9,12H2,1-2H3,(H,23,29). The van der Waals surface area contributed by atoms with Crippen molar-refractivity contribution in [2.75, 3.05) is 0 Å². The highest BCUT2D eigenvalue weighted by molar-refractivity contribution is 6.33. The second-order valence-corrected chi connectivity index (χ2v) is 10.4. The molecule has 2 aromatic heterocycles. The van der Waals surface area contributed by atoms with E-state index in [1.807, 2.05) is 24.9 Å². The number of nitro groups is 1.